The SMILES string of the molecule is Nc1ccc(NS(=O)(=O)c2ccc(F)c(Cl)c2)cn1. The molecular formula is C11H9ClFN3O2S. The highest BCUT2D eigenvalue weighted by Crippen LogP contribution is 2.21. The van der Waals surface area contributed by atoms with E-state index in [2.05, 4.69) is 9.71 Å². The summed E-state index contributed by atoms with van der Waals surface area (Å²) in [4.78, 5) is 3.61. The summed E-state index contributed by atoms with van der Waals surface area (Å²) in [5, 5.41) is -0.265. The van der Waals surface area contributed by atoms with Crippen molar-refractivity contribution in [1.29, 1.82) is 0 Å². The van der Waals surface area contributed by atoms with Crippen LogP contribution in [0.15, 0.2) is 41.4 Å². The average Bonchev–Trinajstić information content (AvgIpc) is 2.35. The fourth-order valence-corrected chi connectivity index (χ4v) is 2.64. The summed E-state index contributed by atoms with van der Waals surface area (Å²) < 4.78 is 39.3. The number of benzene rings is 1. The number of rotatable bonds is 3. The van der Waals surface area contributed by atoms with E-state index in [0.717, 1.165) is 18.2 Å². The van der Waals surface area contributed by atoms with E-state index in [1.807, 2.05) is 0 Å². The van der Waals surface area contributed by atoms with Gasteiger partial charge in [0.25, 0.3) is 10.0 Å². The highest BCUT2D eigenvalue weighted by Gasteiger charge is 2.16. The van der Waals surface area contributed by atoms with Crippen molar-refractivity contribution in [3.8, 4) is 0 Å². The van der Waals surface area contributed by atoms with Gasteiger partial charge >= 0.3 is 0 Å². The van der Waals surface area contributed by atoms with Gasteiger partial charge in [-0.3, -0.25) is 4.72 Å². The normalized spacial score (nSPS) is 11.3. The second kappa shape index (κ2) is 5.02. The van der Waals surface area contributed by atoms with Gasteiger partial charge in [-0.05, 0) is 30.3 Å². The number of anilines is 2. The lowest BCUT2D eigenvalue weighted by atomic mass is 10.3. The zero-order valence-electron chi connectivity index (χ0n) is 9.47. The monoisotopic (exact) mass is 301 g/mol. The average molecular weight is 302 g/mol. The minimum absolute atomic E-state index is 0.143. The number of nitrogens with one attached hydrogen (secondary N) is 1. The molecule has 0 spiro atoms. The Morgan fingerprint density at radius 3 is 2.58 bits per heavy atom. The Balaban J connectivity index is 2.32. The van der Waals surface area contributed by atoms with Gasteiger partial charge in [-0.1, -0.05) is 11.6 Å². The molecule has 100 valence electrons. The van der Waals surface area contributed by atoms with Crippen molar-refractivity contribution in [3.05, 3.63) is 47.4 Å². The fraction of sp³-hybridized carbons (Fsp3) is 0. The molecule has 0 atom stereocenters. The minimum atomic E-state index is -3.85. The Kier molecular flexibility index (Phi) is 3.59. The van der Waals surface area contributed by atoms with Gasteiger partial charge in [-0.25, -0.2) is 17.8 Å². The van der Waals surface area contributed by atoms with Crippen LogP contribution in [0.4, 0.5) is 15.9 Å². The van der Waals surface area contributed by atoms with Crippen LogP contribution in [-0.2, 0) is 10.0 Å². The maximum Gasteiger partial charge on any atom is 0.261 e. The van der Waals surface area contributed by atoms with Gasteiger partial charge in [-0.2, -0.15) is 0 Å². The lowest BCUT2D eigenvalue weighted by molar-refractivity contribution is 0.599. The summed E-state index contributed by atoms with van der Waals surface area (Å²) in [5.74, 6) is -0.414. The standard InChI is InChI=1S/C11H9ClFN3O2S/c12-9-5-8(2-3-10(9)13)19(17,18)16-7-1-4-11(14)15-6-7/h1-6,16H,(H2,14,15). The number of nitrogen functional groups attached to an aromatic ring is 1. The molecule has 19 heavy (non-hydrogen) atoms. The van der Waals surface area contributed by atoms with E-state index in [1.54, 1.807) is 0 Å². The number of nitrogens with two attached hydrogens (primary N) is 1. The summed E-state index contributed by atoms with van der Waals surface area (Å²) in [5.41, 5.74) is 5.64. The Morgan fingerprint density at radius 1 is 1.26 bits per heavy atom. The predicted octanol–water partition coefficient (Wildman–Crippen LogP) is 2.26. The highest BCUT2D eigenvalue weighted by molar-refractivity contribution is 7.92. The molecule has 0 amide bonds. The van der Waals surface area contributed by atoms with E-state index >= 15 is 0 Å². The van der Waals surface area contributed by atoms with Crippen molar-refractivity contribution >= 4 is 33.1 Å². The molecule has 0 fully saturated rings. The molecule has 5 nitrogen and oxygen atoms in total. The number of halogens is 2. The van der Waals surface area contributed by atoms with E-state index in [-0.39, 0.29) is 21.4 Å². The number of hydrogen-bond donors (Lipinski definition) is 2. The van der Waals surface area contributed by atoms with Crippen LogP contribution in [0.25, 0.3) is 0 Å². The molecule has 0 saturated carbocycles. The van der Waals surface area contributed by atoms with Crippen LogP contribution >= 0.6 is 11.6 Å². The first-order valence-electron chi connectivity index (χ1n) is 5.08. The summed E-state index contributed by atoms with van der Waals surface area (Å²) in [6, 6.07) is 6.05. The lowest BCUT2D eigenvalue weighted by Gasteiger charge is -2.08. The van der Waals surface area contributed by atoms with Gasteiger partial charge in [0.2, 0.25) is 0 Å². The van der Waals surface area contributed by atoms with Crippen LogP contribution in [0.3, 0.4) is 0 Å². The lowest BCUT2D eigenvalue weighted by Crippen LogP contribution is -2.13. The molecule has 0 aliphatic rings. The maximum absolute atomic E-state index is 13.0. The number of pyridine rings is 1. The van der Waals surface area contributed by atoms with Gasteiger partial charge in [0.1, 0.15) is 11.6 Å². The van der Waals surface area contributed by atoms with E-state index in [1.165, 1.54) is 18.3 Å². The van der Waals surface area contributed by atoms with E-state index in [4.69, 9.17) is 17.3 Å². The van der Waals surface area contributed by atoms with Crippen molar-refractivity contribution in [3.63, 3.8) is 0 Å². The van der Waals surface area contributed by atoms with Crippen molar-refractivity contribution in [1.82, 2.24) is 4.98 Å². The molecule has 2 rings (SSSR count). The highest BCUT2D eigenvalue weighted by atomic mass is 35.5. The largest absolute Gasteiger partial charge is 0.384 e. The zero-order chi connectivity index (χ0) is 14.0. The number of nitrogens with zero attached hydrogens (tertiary/aromatic N) is 1. The van der Waals surface area contributed by atoms with Crippen molar-refractivity contribution in [2.75, 3.05) is 10.5 Å². The van der Waals surface area contributed by atoms with E-state index in [0.29, 0.717) is 0 Å². The molecule has 0 saturated heterocycles. The van der Waals surface area contributed by atoms with Crippen LogP contribution in [0.1, 0.15) is 0 Å². The molecule has 8 heteroatoms. The summed E-state index contributed by atoms with van der Waals surface area (Å²) in [6.45, 7) is 0. The van der Waals surface area contributed by atoms with Crippen LogP contribution in [0, 0.1) is 5.82 Å². The smallest absolute Gasteiger partial charge is 0.261 e. The molecular weight excluding hydrogens is 293 g/mol. The minimum Gasteiger partial charge on any atom is -0.384 e. The second-order valence-electron chi connectivity index (χ2n) is 3.65. The van der Waals surface area contributed by atoms with E-state index < -0.39 is 15.8 Å². The van der Waals surface area contributed by atoms with Crippen molar-refractivity contribution < 1.29 is 12.8 Å². The third-order valence-corrected chi connectivity index (χ3v) is 3.91. The fourth-order valence-electron chi connectivity index (χ4n) is 1.32. The third-order valence-electron chi connectivity index (χ3n) is 2.24. The molecule has 2 aromatic rings. The Morgan fingerprint density at radius 2 is 2.00 bits per heavy atom. The number of sulfonamides is 1. The summed E-state index contributed by atoms with van der Waals surface area (Å²) in [7, 11) is -3.85. The van der Waals surface area contributed by atoms with Crippen LogP contribution in [-0.4, -0.2) is 13.4 Å². The van der Waals surface area contributed by atoms with Gasteiger partial charge in [0.05, 0.1) is 21.8 Å². The van der Waals surface area contributed by atoms with Crippen LogP contribution < -0.4 is 10.5 Å². The first kappa shape index (κ1) is 13.6. The summed E-state index contributed by atoms with van der Waals surface area (Å²) >= 11 is 5.55. The van der Waals surface area contributed by atoms with Crippen molar-refractivity contribution in [2.45, 2.75) is 4.90 Å². The van der Waals surface area contributed by atoms with E-state index in [9.17, 15) is 12.8 Å². The molecule has 1 aromatic heterocycles. The Bertz CT molecular complexity index is 704. The topological polar surface area (TPSA) is 85.1 Å². The van der Waals surface area contributed by atoms with Crippen LogP contribution in [0.2, 0.25) is 5.02 Å². The molecule has 0 aliphatic carbocycles. The first-order valence-corrected chi connectivity index (χ1v) is 6.94. The molecule has 0 unspecified atom stereocenters. The van der Waals surface area contributed by atoms with Crippen LogP contribution in [0.5, 0.6) is 0 Å². The van der Waals surface area contributed by atoms with Gasteiger partial charge in [0, 0.05) is 0 Å². The van der Waals surface area contributed by atoms with Gasteiger partial charge < -0.3 is 5.73 Å². The zero-order valence-corrected chi connectivity index (χ0v) is 11.0. The number of hydrogen-bond acceptors (Lipinski definition) is 4. The summed E-state index contributed by atoms with van der Waals surface area (Å²) in [6.07, 6.45) is 1.28. The Hall–Kier alpha value is -1.86. The Labute approximate surface area is 114 Å². The predicted molar refractivity (Wildman–Crippen MR) is 70.9 cm³/mol. The van der Waals surface area contributed by atoms with Gasteiger partial charge in [0.15, 0.2) is 0 Å². The quantitative estimate of drug-likeness (QED) is 0.910. The first-order chi connectivity index (χ1) is 8.88. The van der Waals surface area contributed by atoms with Gasteiger partial charge in [-0.15, -0.1) is 0 Å². The maximum atomic E-state index is 13.0. The second-order valence-corrected chi connectivity index (χ2v) is 5.74. The molecule has 3 N–H and O–H groups in total. The molecule has 1 heterocycles. The molecule has 0 radical (unpaired) electrons. The van der Waals surface area contributed by atoms with Crippen molar-refractivity contribution in [2.24, 2.45) is 0 Å². The third kappa shape index (κ3) is 3.12. The molecule has 0 bridgehead atoms. The number of aromatic nitrogens is 1. The molecule has 0 aliphatic heterocycles. The molecule has 1 aromatic carbocycles.